The van der Waals surface area contributed by atoms with Gasteiger partial charge in [-0.1, -0.05) is 18.2 Å². The van der Waals surface area contributed by atoms with E-state index in [0.29, 0.717) is 12.1 Å². The summed E-state index contributed by atoms with van der Waals surface area (Å²) in [7, 11) is 0. The summed E-state index contributed by atoms with van der Waals surface area (Å²) >= 11 is 1.84. The Morgan fingerprint density at radius 1 is 1.32 bits per heavy atom. The molecule has 2 N–H and O–H groups in total. The molecule has 2 heterocycles. The van der Waals surface area contributed by atoms with Gasteiger partial charge in [0, 0.05) is 16.8 Å². The number of benzene rings is 1. The molecule has 0 aliphatic carbocycles. The largest absolute Gasteiger partial charge is 0.326 e. The molecule has 1 aromatic heterocycles. The van der Waals surface area contributed by atoms with E-state index in [9.17, 15) is 0 Å². The molecule has 2 atom stereocenters. The van der Waals surface area contributed by atoms with Crippen LogP contribution in [0.4, 0.5) is 0 Å². The minimum Gasteiger partial charge on any atom is -0.326 e. The number of nitrogens with two attached hydrogens (primary N) is 1. The van der Waals surface area contributed by atoms with Crippen molar-refractivity contribution in [3.05, 3.63) is 35.2 Å². The van der Waals surface area contributed by atoms with E-state index in [2.05, 4.69) is 48.4 Å². The summed E-state index contributed by atoms with van der Waals surface area (Å²) in [6.45, 7) is 5.72. The topological polar surface area (TPSA) is 29.3 Å². The zero-order chi connectivity index (χ0) is 13.4. The molecule has 1 fully saturated rings. The van der Waals surface area contributed by atoms with Gasteiger partial charge in [0.2, 0.25) is 0 Å². The second-order valence-corrected chi connectivity index (χ2v) is 6.68. The van der Waals surface area contributed by atoms with Gasteiger partial charge >= 0.3 is 0 Å². The van der Waals surface area contributed by atoms with Crippen molar-refractivity contribution < 1.29 is 0 Å². The molecule has 2 nitrogen and oxygen atoms in total. The number of nitrogens with zero attached hydrogens (tertiary/aromatic N) is 1. The Morgan fingerprint density at radius 2 is 2.11 bits per heavy atom. The van der Waals surface area contributed by atoms with Gasteiger partial charge in [0.1, 0.15) is 0 Å². The molecule has 0 amide bonds. The Kier molecular flexibility index (Phi) is 3.61. The summed E-state index contributed by atoms with van der Waals surface area (Å²) in [5.41, 5.74) is 7.88. The Morgan fingerprint density at radius 3 is 2.89 bits per heavy atom. The van der Waals surface area contributed by atoms with Gasteiger partial charge in [-0.25, -0.2) is 0 Å². The van der Waals surface area contributed by atoms with Crippen molar-refractivity contribution in [3.8, 4) is 0 Å². The van der Waals surface area contributed by atoms with Crippen molar-refractivity contribution in [2.24, 2.45) is 5.73 Å². The highest BCUT2D eigenvalue weighted by atomic mass is 32.1. The zero-order valence-electron chi connectivity index (χ0n) is 11.7. The first kappa shape index (κ1) is 13.1. The monoisotopic (exact) mass is 274 g/mol. The van der Waals surface area contributed by atoms with E-state index in [1.54, 1.807) is 0 Å². The Hall–Kier alpha value is -0.900. The number of rotatable bonds is 2. The predicted molar refractivity (Wildman–Crippen MR) is 83.6 cm³/mol. The van der Waals surface area contributed by atoms with Crippen LogP contribution < -0.4 is 5.73 Å². The van der Waals surface area contributed by atoms with Crippen molar-refractivity contribution in [3.63, 3.8) is 0 Å². The lowest BCUT2D eigenvalue weighted by Gasteiger charge is -2.42. The summed E-state index contributed by atoms with van der Waals surface area (Å²) in [5, 5.41) is 3.70. The third-order valence-electron chi connectivity index (χ3n) is 4.21. The molecule has 0 bridgehead atoms. The maximum Gasteiger partial charge on any atom is 0.0516 e. The fourth-order valence-electron chi connectivity index (χ4n) is 3.27. The van der Waals surface area contributed by atoms with Gasteiger partial charge < -0.3 is 5.73 Å². The van der Waals surface area contributed by atoms with Crippen LogP contribution in [-0.4, -0.2) is 23.5 Å². The summed E-state index contributed by atoms with van der Waals surface area (Å²) in [5.74, 6) is 0. The first-order chi connectivity index (χ1) is 9.18. The van der Waals surface area contributed by atoms with Crippen molar-refractivity contribution in [1.82, 2.24) is 4.90 Å². The highest BCUT2D eigenvalue weighted by Crippen LogP contribution is 2.38. The lowest BCUT2D eigenvalue weighted by molar-refractivity contribution is 0.0958. The van der Waals surface area contributed by atoms with Gasteiger partial charge in [0.25, 0.3) is 0 Å². The van der Waals surface area contributed by atoms with Crippen molar-refractivity contribution in [1.29, 1.82) is 0 Å². The van der Waals surface area contributed by atoms with Crippen LogP contribution >= 0.6 is 11.3 Å². The Balaban J connectivity index is 2.06. The quantitative estimate of drug-likeness (QED) is 0.903. The van der Waals surface area contributed by atoms with Crippen LogP contribution in [0.2, 0.25) is 0 Å². The standard InChI is InChI=1S/C16H22N2S/c1-11(2)18-9-5-7-14(17)16(18)13-10-19-15-8-4-3-6-12(13)15/h3-4,6,8,10-11,14,16H,5,7,9,17H2,1-2H3. The van der Waals surface area contributed by atoms with Gasteiger partial charge in [0.05, 0.1) is 6.04 Å². The van der Waals surface area contributed by atoms with E-state index in [-0.39, 0.29) is 6.04 Å². The molecule has 1 saturated heterocycles. The highest BCUT2D eigenvalue weighted by molar-refractivity contribution is 7.17. The summed E-state index contributed by atoms with van der Waals surface area (Å²) in [6.07, 6.45) is 2.36. The van der Waals surface area contributed by atoms with Crippen molar-refractivity contribution >= 4 is 21.4 Å². The summed E-state index contributed by atoms with van der Waals surface area (Å²) in [6, 6.07) is 9.88. The molecule has 1 aliphatic rings. The second-order valence-electron chi connectivity index (χ2n) is 5.77. The van der Waals surface area contributed by atoms with Crippen molar-refractivity contribution in [2.45, 2.75) is 44.8 Å². The van der Waals surface area contributed by atoms with Crippen LogP contribution in [0.1, 0.15) is 38.3 Å². The third-order valence-corrected chi connectivity index (χ3v) is 5.19. The second kappa shape index (κ2) is 5.23. The lowest BCUT2D eigenvalue weighted by Crippen LogP contribution is -2.48. The SMILES string of the molecule is CC(C)N1CCCC(N)C1c1csc2ccccc12. The summed E-state index contributed by atoms with van der Waals surface area (Å²) in [4.78, 5) is 2.57. The van der Waals surface area contributed by atoms with E-state index in [4.69, 9.17) is 5.73 Å². The number of hydrogen-bond acceptors (Lipinski definition) is 3. The fourth-order valence-corrected chi connectivity index (χ4v) is 4.26. The number of thiophene rings is 1. The van der Waals surface area contributed by atoms with Gasteiger partial charge in [0.15, 0.2) is 0 Å². The van der Waals surface area contributed by atoms with Crippen LogP contribution in [-0.2, 0) is 0 Å². The van der Waals surface area contributed by atoms with Gasteiger partial charge in [-0.05, 0) is 55.6 Å². The number of hydrogen-bond donors (Lipinski definition) is 1. The van der Waals surface area contributed by atoms with E-state index in [0.717, 1.165) is 6.42 Å². The first-order valence-electron chi connectivity index (χ1n) is 7.16. The van der Waals surface area contributed by atoms with Gasteiger partial charge in [-0.15, -0.1) is 11.3 Å². The van der Waals surface area contributed by atoms with E-state index in [1.165, 1.54) is 28.6 Å². The van der Waals surface area contributed by atoms with E-state index in [1.807, 2.05) is 11.3 Å². The van der Waals surface area contributed by atoms with Crippen LogP contribution in [0, 0.1) is 0 Å². The molecule has 1 aliphatic heterocycles. The molecule has 2 aromatic rings. The molecule has 0 spiro atoms. The normalized spacial score (nSPS) is 25.3. The molecular weight excluding hydrogens is 252 g/mol. The average Bonchev–Trinajstić information content (AvgIpc) is 2.82. The highest BCUT2D eigenvalue weighted by Gasteiger charge is 2.33. The maximum absolute atomic E-state index is 6.45. The summed E-state index contributed by atoms with van der Waals surface area (Å²) < 4.78 is 1.37. The number of fused-ring (bicyclic) bond motifs is 1. The van der Waals surface area contributed by atoms with Gasteiger partial charge in [-0.2, -0.15) is 0 Å². The molecule has 1 aromatic carbocycles. The number of likely N-dealkylation sites (tertiary alicyclic amines) is 1. The fraction of sp³-hybridized carbons (Fsp3) is 0.500. The molecule has 0 radical (unpaired) electrons. The van der Waals surface area contributed by atoms with E-state index >= 15 is 0 Å². The third kappa shape index (κ3) is 2.31. The molecule has 2 unspecified atom stereocenters. The van der Waals surface area contributed by atoms with Crippen LogP contribution in [0.25, 0.3) is 10.1 Å². The van der Waals surface area contributed by atoms with Crippen molar-refractivity contribution in [2.75, 3.05) is 6.54 Å². The molecule has 102 valence electrons. The Bertz CT molecular complexity index is 561. The first-order valence-corrected chi connectivity index (χ1v) is 8.04. The lowest BCUT2D eigenvalue weighted by atomic mass is 9.89. The minimum absolute atomic E-state index is 0.258. The van der Waals surface area contributed by atoms with Crippen LogP contribution in [0.15, 0.2) is 29.6 Å². The number of piperidine rings is 1. The van der Waals surface area contributed by atoms with Crippen LogP contribution in [0.3, 0.4) is 0 Å². The van der Waals surface area contributed by atoms with E-state index < -0.39 is 0 Å². The molecule has 19 heavy (non-hydrogen) atoms. The predicted octanol–water partition coefficient (Wildman–Crippen LogP) is 3.77. The smallest absolute Gasteiger partial charge is 0.0516 e. The molecule has 3 rings (SSSR count). The molecule has 3 heteroatoms. The minimum atomic E-state index is 0.258. The van der Waals surface area contributed by atoms with Gasteiger partial charge in [-0.3, -0.25) is 4.90 Å². The molecule has 0 saturated carbocycles. The average molecular weight is 274 g/mol. The zero-order valence-corrected chi connectivity index (χ0v) is 12.5. The van der Waals surface area contributed by atoms with Crippen LogP contribution in [0.5, 0.6) is 0 Å². The maximum atomic E-state index is 6.45. The Labute approximate surface area is 119 Å². The molecular formula is C16H22N2S.